The number of benzene rings is 2. The van der Waals surface area contributed by atoms with Gasteiger partial charge in [0.15, 0.2) is 0 Å². The lowest BCUT2D eigenvalue weighted by Crippen LogP contribution is -2.39. The molecule has 0 aliphatic rings. The Morgan fingerprint density at radius 1 is 0.909 bits per heavy atom. The van der Waals surface area contributed by atoms with Crippen LogP contribution in [0.2, 0.25) is 0 Å². The Morgan fingerprint density at radius 2 is 1.55 bits per heavy atom. The normalized spacial score (nSPS) is 9.86. The van der Waals surface area contributed by atoms with Crippen molar-refractivity contribution in [3.8, 4) is 0 Å². The molecule has 0 aromatic heterocycles. The van der Waals surface area contributed by atoms with E-state index in [-0.39, 0.29) is 11.3 Å². The minimum atomic E-state index is -1.19. The molecule has 4 N–H and O–H groups in total. The fourth-order valence-electron chi connectivity index (χ4n) is 1.61. The standard InChI is InChI=1S/C15H12FN3O3/c16-11-3-1-2-4-12(11)18-14(21)15(22)19-13(20)9-5-7-10(17)8-6-9/h1-8H,17H2,(H,18,21)(H,19,20,22). The summed E-state index contributed by atoms with van der Waals surface area (Å²) >= 11 is 0. The minimum Gasteiger partial charge on any atom is -0.399 e. The van der Waals surface area contributed by atoms with Crippen LogP contribution in [-0.4, -0.2) is 17.7 Å². The molecule has 2 aromatic carbocycles. The van der Waals surface area contributed by atoms with E-state index in [1.54, 1.807) is 0 Å². The summed E-state index contributed by atoms with van der Waals surface area (Å²) in [5.41, 5.74) is 5.95. The van der Waals surface area contributed by atoms with Gasteiger partial charge < -0.3 is 11.1 Å². The number of rotatable bonds is 2. The predicted octanol–water partition coefficient (Wildman–Crippen LogP) is 1.30. The molecule has 2 aromatic rings. The molecule has 6 nitrogen and oxygen atoms in total. The lowest BCUT2D eigenvalue weighted by Gasteiger charge is -2.06. The fraction of sp³-hybridized carbons (Fsp3) is 0. The summed E-state index contributed by atoms with van der Waals surface area (Å²) in [6, 6.07) is 11.2. The zero-order valence-electron chi connectivity index (χ0n) is 11.3. The molecule has 0 fully saturated rings. The molecule has 0 saturated carbocycles. The van der Waals surface area contributed by atoms with Crippen LogP contribution in [0.5, 0.6) is 0 Å². The summed E-state index contributed by atoms with van der Waals surface area (Å²) < 4.78 is 13.4. The summed E-state index contributed by atoms with van der Waals surface area (Å²) in [4.78, 5) is 35.0. The van der Waals surface area contributed by atoms with Crippen LogP contribution >= 0.6 is 0 Å². The van der Waals surface area contributed by atoms with Crippen LogP contribution in [0, 0.1) is 5.82 Å². The second-order valence-corrected chi connectivity index (χ2v) is 4.34. The van der Waals surface area contributed by atoms with E-state index >= 15 is 0 Å². The van der Waals surface area contributed by atoms with Crippen LogP contribution in [0.25, 0.3) is 0 Å². The average Bonchev–Trinajstić information content (AvgIpc) is 2.50. The third-order valence-electron chi connectivity index (χ3n) is 2.73. The second-order valence-electron chi connectivity index (χ2n) is 4.34. The highest BCUT2D eigenvalue weighted by Gasteiger charge is 2.18. The topological polar surface area (TPSA) is 101 Å². The lowest BCUT2D eigenvalue weighted by molar-refractivity contribution is -0.135. The highest BCUT2D eigenvalue weighted by atomic mass is 19.1. The molecule has 0 radical (unpaired) electrons. The molecule has 0 unspecified atom stereocenters. The monoisotopic (exact) mass is 301 g/mol. The summed E-state index contributed by atoms with van der Waals surface area (Å²) in [5, 5.41) is 3.98. The molecule has 0 aliphatic carbocycles. The van der Waals surface area contributed by atoms with Crippen LogP contribution in [-0.2, 0) is 9.59 Å². The number of hydrogen-bond donors (Lipinski definition) is 3. The molecule has 3 amide bonds. The number of carbonyl (C=O) groups is 3. The number of nitrogens with one attached hydrogen (secondary N) is 2. The number of carbonyl (C=O) groups excluding carboxylic acids is 3. The molecule has 2 rings (SSSR count). The Morgan fingerprint density at radius 3 is 2.18 bits per heavy atom. The van der Waals surface area contributed by atoms with Gasteiger partial charge in [-0.2, -0.15) is 0 Å². The van der Waals surface area contributed by atoms with Gasteiger partial charge in [0, 0.05) is 11.3 Å². The van der Waals surface area contributed by atoms with Gasteiger partial charge in [0.1, 0.15) is 5.82 Å². The van der Waals surface area contributed by atoms with Crippen LogP contribution < -0.4 is 16.4 Å². The SMILES string of the molecule is Nc1ccc(C(=O)NC(=O)C(=O)Nc2ccccc2F)cc1. The third kappa shape index (κ3) is 3.66. The maximum absolute atomic E-state index is 13.4. The number of nitrogen functional groups attached to an aromatic ring is 1. The first kappa shape index (κ1) is 15.2. The lowest BCUT2D eigenvalue weighted by atomic mass is 10.2. The van der Waals surface area contributed by atoms with E-state index < -0.39 is 23.5 Å². The van der Waals surface area contributed by atoms with Gasteiger partial charge in [0.25, 0.3) is 5.91 Å². The number of imide groups is 1. The smallest absolute Gasteiger partial charge is 0.316 e. The highest BCUT2D eigenvalue weighted by molar-refractivity contribution is 6.42. The van der Waals surface area contributed by atoms with Crippen molar-refractivity contribution in [2.24, 2.45) is 0 Å². The van der Waals surface area contributed by atoms with E-state index in [1.807, 2.05) is 5.32 Å². The van der Waals surface area contributed by atoms with Gasteiger partial charge in [-0.05, 0) is 36.4 Å². The molecule has 0 spiro atoms. The van der Waals surface area contributed by atoms with E-state index in [0.29, 0.717) is 5.69 Å². The summed E-state index contributed by atoms with van der Waals surface area (Å²) in [6.45, 7) is 0. The number of hydrogen-bond acceptors (Lipinski definition) is 4. The molecule has 0 saturated heterocycles. The van der Waals surface area contributed by atoms with Gasteiger partial charge in [0.05, 0.1) is 5.69 Å². The molecule has 22 heavy (non-hydrogen) atoms. The molecular weight excluding hydrogens is 289 g/mol. The molecule has 0 bridgehead atoms. The van der Waals surface area contributed by atoms with Gasteiger partial charge in [-0.1, -0.05) is 12.1 Å². The molecular formula is C15H12FN3O3. The maximum Gasteiger partial charge on any atom is 0.316 e. The van der Waals surface area contributed by atoms with E-state index in [0.717, 1.165) is 6.07 Å². The number of amides is 3. The number of nitrogens with two attached hydrogens (primary N) is 1. The van der Waals surface area contributed by atoms with E-state index in [2.05, 4.69) is 5.32 Å². The van der Waals surface area contributed by atoms with Crippen molar-refractivity contribution >= 4 is 29.1 Å². The van der Waals surface area contributed by atoms with Crippen molar-refractivity contribution < 1.29 is 18.8 Å². The minimum absolute atomic E-state index is 0.150. The van der Waals surface area contributed by atoms with Crippen molar-refractivity contribution in [3.63, 3.8) is 0 Å². The number of anilines is 2. The molecule has 0 heterocycles. The van der Waals surface area contributed by atoms with E-state index in [9.17, 15) is 18.8 Å². The Labute approximate surface area is 125 Å². The van der Waals surface area contributed by atoms with Crippen molar-refractivity contribution in [3.05, 3.63) is 59.9 Å². The van der Waals surface area contributed by atoms with Gasteiger partial charge in [-0.15, -0.1) is 0 Å². The molecule has 112 valence electrons. The van der Waals surface area contributed by atoms with Crippen LogP contribution in [0.1, 0.15) is 10.4 Å². The van der Waals surface area contributed by atoms with E-state index in [1.165, 1.54) is 42.5 Å². The van der Waals surface area contributed by atoms with Crippen molar-refractivity contribution in [2.45, 2.75) is 0 Å². The van der Waals surface area contributed by atoms with Crippen molar-refractivity contribution in [1.82, 2.24) is 5.32 Å². The van der Waals surface area contributed by atoms with Crippen molar-refractivity contribution in [2.75, 3.05) is 11.1 Å². The van der Waals surface area contributed by atoms with Gasteiger partial charge in [0.2, 0.25) is 0 Å². The first-order chi connectivity index (χ1) is 10.5. The summed E-state index contributed by atoms with van der Waals surface area (Å²) in [7, 11) is 0. The van der Waals surface area contributed by atoms with E-state index in [4.69, 9.17) is 5.73 Å². The van der Waals surface area contributed by atoms with Crippen LogP contribution in [0.15, 0.2) is 48.5 Å². The Kier molecular flexibility index (Phi) is 4.47. The van der Waals surface area contributed by atoms with Gasteiger partial charge >= 0.3 is 11.8 Å². The van der Waals surface area contributed by atoms with Gasteiger partial charge in [-0.25, -0.2) is 4.39 Å². The van der Waals surface area contributed by atoms with Crippen molar-refractivity contribution in [1.29, 1.82) is 0 Å². The first-order valence-corrected chi connectivity index (χ1v) is 6.24. The zero-order valence-corrected chi connectivity index (χ0v) is 11.3. The van der Waals surface area contributed by atoms with Crippen LogP contribution in [0.3, 0.4) is 0 Å². The molecule has 0 aliphatic heterocycles. The average molecular weight is 301 g/mol. The van der Waals surface area contributed by atoms with Gasteiger partial charge in [-0.3, -0.25) is 19.7 Å². The Hall–Kier alpha value is -3.22. The summed E-state index contributed by atoms with van der Waals surface area (Å²) in [5.74, 6) is -3.78. The first-order valence-electron chi connectivity index (χ1n) is 6.24. The van der Waals surface area contributed by atoms with Crippen LogP contribution in [0.4, 0.5) is 15.8 Å². The Balaban J connectivity index is 1.99. The predicted molar refractivity (Wildman–Crippen MR) is 78.4 cm³/mol. The highest BCUT2D eigenvalue weighted by Crippen LogP contribution is 2.12. The zero-order chi connectivity index (χ0) is 16.1. The number of para-hydroxylation sites is 1. The quantitative estimate of drug-likeness (QED) is 0.575. The number of halogens is 1. The third-order valence-corrected chi connectivity index (χ3v) is 2.73. The Bertz CT molecular complexity index is 729. The maximum atomic E-state index is 13.4. The molecule has 7 heteroatoms. The fourth-order valence-corrected chi connectivity index (χ4v) is 1.61. The summed E-state index contributed by atoms with van der Waals surface area (Å²) in [6.07, 6.45) is 0. The second kappa shape index (κ2) is 6.49. The molecule has 0 atom stereocenters. The largest absolute Gasteiger partial charge is 0.399 e.